The van der Waals surface area contributed by atoms with Crippen molar-refractivity contribution in [2.45, 2.75) is 112 Å². The molecule has 4 rings (SSSR count). The van der Waals surface area contributed by atoms with E-state index in [2.05, 4.69) is 41.5 Å². The number of hydrogen-bond acceptors (Lipinski definition) is 4. The first-order chi connectivity index (χ1) is 16.1. The molecule has 0 unspecified atom stereocenters. The Bertz CT molecular complexity index is 721. The van der Waals surface area contributed by atoms with Crippen LogP contribution < -0.4 is 0 Å². The maximum Gasteiger partial charge on any atom is 0.309 e. The predicted octanol–water partition coefficient (Wildman–Crippen LogP) is 6.49. The number of ether oxygens (including phenoxy) is 2. The van der Waals surface area contributed by atoms with Crippen LogP contribution >= 0.6 is 0 Å². The van der Waals surface area contributed by atoms with E-state index < -0.39 is 6.10 Å². The molecule has 196 valence electrons. The van der Waals surface area contributed by atoms with Gasteiger partial charge in [0.15, 0.2) is 0 Å². The molecule has 1 saturated heterocycles. The molecule has 11 atom stereocenters. The average Bonchev–Trinajstić information content (AvgIpc) is 3.10. The van der Waals surface area contributed by atoms with E-state index in [1.807, 2.05) is 0 Å². The van der Waals surface area contributed by atoms with Crippen molar-refractivity contribution in [1.82, 2.24) is 0 Å². The molecule has 4 aliphatic rings. The van der Waals surface area contributed by atoms with Crippen LogP contribution in [0.25, 0.3) is 0 Å². The van der Waals surface area contributed by atoms with Crippen molar-refractivity contribution in [2.75, 3.05) is 13.7 Å². The van der Waals surface area contributed by atoms with E-state index in [1.165, 1.54) is 44.9 Å². The van der Waals surface area contributed by atoms with E-state index in [4.69, 9.17) is 9.47 Å². The van der Waals surface area contributed by atoms with Gasteiger partial charge in [-0.3, -0.25) is 4.79 Å². The first-order valence-electron chi connectivity index (χ1n) is 14.4. The molecule has 0 aromatic carbocycles. The van der Waals surface area contributed by atoms with Crippen molar-refractivity contribution in [1.29, 1.82) is 0 Å². The van der Waals surface area contributed by atoms with Crippen LogP contribution in [0.15, 0.2) is 0 Å². The summed E-state index contributed by atoms with van der Waals surface area (Å²) in [6.45, 7) is 15.1. The van der Waals surface area contributed by atoms with Crippen LogP contribution in [-0.2, 0) is 14.3 Å². The van der Waals surface area contributed by atoms with Crippen LogP contribution in [0.2, 0.25) is 0 Å². The van der Waals surface area contributed by atoms with E-state index >= 15 is 0 Å². The van der Waals surface area contributed by atoms with Gasteiger partial charge in [0, 0.05) is 7.11 Å². The van der Waals surface area contributed by atoms with Crippen molar-refractivity contribution in [3.05, 3.63) is 0 Å². The normalized spacial score (nSPS) is 46.1. The molecule has 0 spiro atoms. The number of aliphatic hydroxyl groups excluding tert-OH is 1. The first kappa shape index (κ1) is 26.5. The molecule has 0 aromatic rings. The highest BCUT2D eigenvalue weighted by Crippen LogP contribution is 2.66. The Morgan fingerprint density at radius 1 is 1.09 bits per heavy atom. The topological polar surface area (TPSA) is 55.8 Å². The summed E-state index contributed by atoms with van der Waals surface area (Å²) in [5.41, 5.74) is 0.215. The van der Waals surface area contributed by atoms with E-state index in [-0.39, 0.29) is 23.4 Å². The lowest BCUT2D eigenvalue weighted by atomic mass is 9.48. The van der Waals surface area contributed by atoms with E-state index in [1.54, 1.807) is 7.11 Å². The Labute approximate surface area is 208 Å². The zero-order valence-corrected chi connectivity index (χ0v) is 23.0. The number of hydrogen-bond donors (Lipinski definition) is 1. The molecule has 4 nitrogen and oxygen atoms in total. The summed E-state index contributed by atoms with van der Waals surface area (Å²) >= 11 is 0. The molecule has 0 aromatic heterocycles. The van der Waals surface area contributed by atoms with Gasteiger partial charge in [-0.05, 0) is 97.2 Å². The van der Waals surface area contributed by atoms with Gasteiger partial charge in [0.25, 0.3) is 0 Å². The molecule has 3 saturated carbocycles. The van der Waals surface area contributed by atoms with Crippen molar-refractivity contribution < 1.29 is 19.4 Å². The van der Waals surface area contributed by atoms with E-state index in [9.17, 15) is 9.90 Å². The fourth-order valence-corrected chi connectivity index (χ4v) is 9.67. The molecule has 4 heteroatoms. The average molecular weight is 477 g/mol. The summed E-state index contributed by atoms with van der Waals surface area (Å²) < 4.78 is 11.7. The standard InChI is InChI=1S/C30H52O4/c1-8-20(18(2)3)10-9-19(4)22-11-12-23-21-17-34-28(32)25-15-26(31)27(33-7)16-30(25,6)24(21)13-14-29(22,23)5/h18-27,31H,8-17H2,1-7H3/t19-,20-,21+,22-,23+,24+,25-,26+,27+,29-,30-/m1/s1. The van der Waals surface area contributed by atoms with Crippen molar-refractivity contribution in [3.8, 4) is 0 Å². The third-order valence-electron chi connectivity index (χ3n) is 11.9. The number of carbonyl (C=O) groups is 1. The monoisotopic (exact) mass is 476 g/mol. The Balaban J connectivity index is 1.53. The van der Waals surface area contributed by atoms with Crippen molar-refractivity contribution in [3.63, 3.8) is 0 Å². The lowest BCUT2D eigenvalue weighted by molar-refractivity contribution is -0.164. The number of fused-ring (bicyclic) bond motifs is 5. The molecule has 0 radical (unpaired) electrons. The van der Waals surface area contributed by atoms with Crippen LogP contribution in [-0.4, -0.2) is 37.0 Å². The highest BCUT2D eigenvalue weighted by atomic mass is 16.5. The molecule has 34 heavy (non-hydrogen) atoms. The molecule has 0 bridgehead atoms. The quantitative estimate of drug-likeness (QED) is 0.427. The van der Waals surface area contributed by atoms with Crippen molar-refractivity contribution in [2.24, 2.45) is 58.2 Å². The fraction of sp³-hybridized carbons (Fsp3) is 0.967. The number of esters is 1. The lowest BCUT2D eigenvalue weighted by Gasteiger charge is -2.56. The lowest BCUT2D eigenvalue weighted by Crippen LogP contribution is -2.54. The van der Waals surface area contributed by atoms with Crippen LogP contribution in [0.4, 0.5) is 0 Å². The third-order valence-corrected chi connectivity index (χ3v) is 11.9. The van der Waals surface area contributed by atoms with E-state index in [0.29, 0.717) is 36.2 Å². The van der Waals surface area contributed by atoms with Crippen LogP contribution in [0.1, 0.15) is 99.3 Å². The van der Waals surface area contributed by atoms with Crippen LogP contribution in [0.5, 0.6) is 0 Å². The molecule has 3 aliphatic carbocycles. The van der Waals surface area contributed by atoms with Gasteiger partial charge in [0.05, 0.1) is 24.7 Å². The van der Waals surface area contributed by atoms with Gasteiger partial charge in [0.1, 0.15) is 0 Å². The summed E-state index contributed by atoms with van der Waals surface area (Å²) in [6.07, 6.45) is 9.56. The van der Waals surface area contributed by atoms with Gasteiger partial charge < -0.3 is 14.6 Å². The molecule has 1 N–H and O–H groups in total. The molecule has 1 aliphatic heterocycles. The van der Waals surface area contributed by atoms with Gasteiger partial charge in [-0.15, -0.1) is 0 Å². The zero-order valence-electron chi connectivity index (χ0n) is 23.0. The van der Waals surface area contributed by atoms with Gasteiger partial charge in [-0.25, -0.2) is 0 Å². The number of methoxy groups -OCH3 is 1. The smallest absolute Gasteiger partial charge is 0.309 e. The molecular weight excluding hydrogens is 424 g/mol. The summed E-state index contributed by atoms with van der Waals surface area (Å²) in [6, 6.07) is 0. The Hall–Kier alpha value is -0.610. The molecule has 1 heterocycles. The minimum Gasteiger partial charge on any atom is -0.465 e. The Morgan fingerprint density at radius 3 is 2.44 bits per heavy atom. The van der Waals surface area contributed by atoms with Gasteiger partial charge in [-0.2, -0.15) is 0 Å². The first-order valence-corrected chi connectivity index (χ1v) is 14.4. The minimum absolute atomic E-state index is 0.0746. The highest BCUT2D eigenvalue weighted by Gasteiger charge is 2.62. The Kier molecular flexibility index (Phi) is 7.81. The SMILES string of the molecule is CC[C@H](CC[C@@H](C)[C@H]1CC[C@H]2[C@@H]3COC(=O)[C@H]4C[C@H](O)[C@@H](OC)C[C@]4(C)[C@H]3CC[C@]12C)C(C)C. The zero-order chi connectivity index (χ0) is 24.8. The van der Waals surface area contributed by atoms with E-state index in [0.717, 1.165) is 30.1 Å². The predicted molar refractivity (Wildman–Crippen MR) is 136 cm³/mol. The molecule has 0 amide bonds. The third kappa shape index (κ3) is 4.38. The van der Waals surface area contributed by atoms with Gasteiger partial charge >= 0.3 is 5.97 Å². The second-order valence-corrected chi connectivity index (χ2v) is 13.5. The fourth-order valence-electron chi connectivity index (χ4n) is 9.67. The molecular formula is C30H52O4. The second-order valence-electron chi connectivity index (χ2n) is 13.5. The highest BCUT2D eigenvalue weighted by molar-refractivity contribution is 5.74. The maximum absolute atomic E-state index is 13.1. The Morgan fingerprint density at radius 2 is 1.79 bits per heavy atom. The van der Waals surface area contributed by atoms with Crippen molar-refractivity contribution >= 4 is 5.97 Å². The largest absolute Gasteiger partial charge is 0.465 e. The molecule has 4 fully saturated rings. The summed E-state index contributed by atoms with van der Waals surface area (Å²) in [4.78, 5) is 13.1. The summed E-state index contributed by atoms with van der Waals surface area (Å²) in [5, 5.41) is 10.6. The minimum atomic E-state index is -0.574. The number of aliphatic hydroxyl groups is 1. The van der Waals surface area contributed by atoms with Gasteiger partial charge in [0.2, 0.25) is 0 Å². The maximum atomic E-state index is 13.1. The van der Waals surface area contributed by atoms with Crippen LogP contribution in [0, 0.1) is 58.2 Å². The summed E-state index contributed by atoms with van der Waals surface area (Å²) in [5.74, 6) is 4.45. The van der Waals surface area contributed by atoms with Crippen LogP contribution in [0.3, 0.4) is 0 Å². The summed E-state index contributed by atoms with van der Waals surface area (Å²) in [7, 11) is 1.70. The van der Waals surface area contributed by atoms with Gasteiger partial charge in [-0.1, -0.05) is 54.4 Å². The number of cyclic esters (lactones) is 1. The number of carbonyl (C=O) groups excluding carboxylic acids is 1. The number of rotatable bonds is 7. The second kappa shape index (κ2) is 10.0.